The van der Waals surface area contributed by atoms with Crippen molar-refractivity contribution in [2.45, 2.75) is 32.3 Å². The fraction of sp³-hybridized carbons (Fsp3) is 0.300. The van der Waals surface area contributed by atoms with Gasteiger partial charge < -0.3 is 9.84 Å². The third-order valence-electron chi connectivity index (χ3n) is 3.82. The normalized spacial score (nSPS) is 13.1. The highest BCUT2D eigenvalue weighted by Crippen LogP contribution is 2.20. The second-order valence-corrected chi connectivity index (χ2v) is 5.85. The number of ether oxygens (including phenoxy) is 1. The van der Waals surface area contributed by atoms with E-state index in [2.05, 4.69) is 0 Å². The van der Waals surface area contributed by atoms with E-state index in [0.29, 0.717) is 17.5 Å². The maximum absolute atomic E-state index is 12.5. The Kier molecular flexibility index (Phi) is 6.27. The van der Waals surface area contributed by atoms with Gasteiger partial charge in [-0.3, -0.25) is 9.59 Å². The number of hydrogen-bond donors (Lipinski definition) is 1. The summed E-state index contributed by atoms with van der Waals surface area (Å²) < 4.78 is 5.17. The van der Waals surface area contributed by atoms with E-state index in [9.17, 15) is 14.7 Å². The summed E-state index contributed by atoms with van der Waals surface area (Å²) in [5.74, 6) is -0.908. The third kappa shape index (κ3) is 4.77. The lowest BCUT2D eigenvalue weighted by Gasteiger charge is -2.13. The summed E-state index contributed by atoms with van der Waals surface area (Å²) in [6.07, 6.45) is -0.0923. The van der Waals surface area contributed by atoms with Crippen LogP contribution < -0.4 is 0 Å². The van der Waals surface area contributed by atoms with E-state index in [0.717, 1.165) is 5.56 Å². The second-order valence-electron chi connectivity index (χ2n) is 5.85. The molecule has 0 aliphatic rings. The molecule has 0 amide bonds. The quantitative estimate of drug-likeness (QED) is 0.626. The molecule has 0 saturated heterocycles. The predicted octanol–water partition coefficient (Wildman–Crippen LogP) is 3.34. The van der Waals surface area contributed by atoms with Crippen molar-refractivity contribution in [3.05, 3.63) is 71.3 Å². The number of rotatable bonds is 7. The van der Waals surface area contributed by atoms with Crippen LogP contribution in [0.2, 0.25) is 0 Å². The van der Waals surface area contributed by atoms with E-state index in [1.807, 2.05) is 24.3 Å². The Morgan fingerprint density at radius 3 is 2.33 bits per heavy atom. The van der Waals surface area contributed by atoms with Crippen LogP contribution in [0.15, 0.2) is 54.6 Å². The van der Waals surface area contributed by atoms with E-state index >= 15 is 0 Å². The number of carbonyl (C=O) groups excluding carboxylic acids is 2. The topological polar surface area (TPSA) is 63.6 Å². The lowest BCUT2D eigenvalue weighted by atomic mass is 9.96. The van der Waals surface area contributed by atoms with Crippen LogP contribution in [0.3, 0.4) is 0 Å². The molecule has 0 bridgehead atoms. The van der Waals surface area contributed by atoms with Crippen molar-refractivity contribution in [2.24, 2.45) is 0 Å². The molecule has 1 unspecified atom stereocenters. The zero-order chi connectivity index (χ0) is 17.5. The summed E-state index contributed by atoms with van der Waals surface area (Å²) in [5, 5.41) is 9.20. The third-order valence-corrected chi connectivity index (χ3v) is 3.82. The highest BCUT2D eigenvalue weighted by atomic mass is 16.5. The zero-order valence-electron chi connectivity index (χ0n) is 13.9. The van der Waals surface area contributed by atoms with Crippen molar-refractivity contribution in [1.82, 2.24) is 0 Å². The number of aliphatic hydroxyl groups excluding tert-OH is 1. The maximum atomic E-state index is 12.5. The number of aliphatic hydroxyl groups is 1. The minimum Gasteiger partial charge on any atom is -0.465 e. The van der Waals surface area contributed by atoms with E-state index in [1.54, 1.807) is 44.2 Å². The van der Waals surface area contributed by atoms with Gasteiger partial charge in [-0.2, -0.15) is 0 Å². The Labute approximate surface area is 142 Å². The first-order valence-electron chi connectivity index (χ1n) is 8.03. The molecule has 4 heteroatoms. The van der Waals surface area contributed by atoms with Crippen LogP contribution in [0.5, 0.6) is 0 Å². The number of esters is 1. The van der Waals surface area contributed by atoms with Crippen molar-refractivity contribution in [3.63, 3.8) is 0 Å². The Balaban J connectivity index is 2.09. The molecule has 0 radical (unpaired) electrons. The summed E-state index contributed by atoms with van der Waals surface area (Å²) in [4.78, 5) is 24.6. The molecular weight excluding hydrogens is 304 g/mol. The van der Waals surface area contributed by atoms with Gasteiger partial charge in [0.2, 0.25) is 0 Å². The summed E-state index contributed by atoms with van der Waals surface area (Å²) >= 11 is 0. The van der Waals surface area contributed by atoms with Gasteiger partial charge in [-0.15, -0.1) is 0 Å². The highest BCUT2D eigenvalue weighted by Gasteiger charge is 2.18. The first-order valence-corrected chi connectivity index (χ1v) is 8.03. The summed E-state index contributed by atoms with van der Waals surface area (Å²) in [7, 11) is 0. The largest absolute Gasteiger partial charge is 0.465 e. The second kappa shape index (κ2) is 8.41. The molecule has 2 aromatic rings. The minimum atomic E-state index is -0.500. The fourth-order valence-electron chi connectivity index (χ4n) is 2.30. The Hall–Kier alpha value is -2.46. The van der Waals surface area contributed by atoms with Gasteiger partial charge in [-0.25, -0.2) is 0 Å². The molecule has 4 nitrogen and oxygen atoms in total. The van der Waals surface area contributed by atoms with Gasteiger partial charge in [-0.05, 0) is 25.5 Å². The van der Waals surface area contributed by atoms with Crippen LogP contribution in [0.1, 0.15) is 47.7 Å². The van der Waals surface area contributed by atoms with Crippen molar-refractivity contribution < 1.29 is 19.4 Å². The van der Waals surface area contributed by atoms with Gasteiger partial charge in [-0.1, -0.05) is 48.5 Å². The van der Waals surface area contributed by atoms with E-state index in [4.69, 9.17) is 4.74 Å². The molecule has 0 aliphatic heterocycles. The van der Waals surface area contributed by atoms with Gasteiger partial charge in [0.05, 0.1) is 18.6 Å². The molecule has 126 valence electrons. The van der Waals surface area contributed by atoms with Crippen molar-refractivity contribution in [1.29, 1.82) is 0 Å². The number of hydrogen-bond acceptors (Lipinski definition) is 4. The van der Waals surface area contributed by atoms with E-state index in [-0.39, 0.29) is 18.4 Å². The molecule has 2 rings (SSSR count). The number of ketones is 1. The first kappa shape index (κ1) is 17.9. The number of carbonyl (C=O) groups is 2. The van der Waals surface area contributed by atoms with E-state index in [1.165, 1.54) is 0 Å². The molecule has 0 aromatic heterocycles. The number of benzene rings is 2. The highest BCUT2D eigenvalue weighted by molar-refractivity contribution is 6.09. The molecule has 0 saturated carbocycles. The lowest BCUT2D eigenvalue weighted by Crippen LogP contribution is -2.16. The summed E-state index contributed by atoms with van der Waals surface area (Å²) in [6.45, 7) is 3.58. The fourth-order valence-corrected chi connectivity index (χ4v) is 2.30. The molecule has 24 heavy (non-hydrogen) atoms. The zero-order valence-corrected chi connectivity index (χ0v) is 13.9. The molecule has 0 aliphatic carbocycles. The standard InChI is InChI=1S/C20H22O4/c1-14(21)11-12-24-20(23)15(2)17-9-6-10-18(13-17)19(22)16-7-4-3-5-8-16/h3-10,13-15,21H,11-12H2,1-2H3/t14?,15-/m0/s1. The Bertz CT molecular complexity index is 692. The molecule has 2 atom stereocenters. The van der Waals surface area contributed by atoms with Gasteiger partial charge in [0.15, 0.2) is 5.78 Å². The molecule has 0 heterocycles. The van der Waals surface area contributed by atoms with Crippen LogP contribution in [0, 0.1) is 0 Å². The first-order chi connectivity index (χ1) is 11.5. The lowest BCUT2D eigenvalue weighted by molar-refractivity contribution is -0.145. The van der Waals surface area contributed by atoms with Crippen molar-refractivity contribution in [2.75, 3.05) is 6.61 Å². The Morgan fingerprint density at radius 1 is 1.00 bits per heavy atom. The summed E-state index contributed by atoms with van der Waals surface area (Å²) in [6, 6.07) is 16.1. The van der Waals surface area contributed by atoms with Crippen LogP contribution >= 0.6 is 0 Å². The van der Waals surface area contributed by atoms with Gasteiger partial charge in [0, 0.05) is 17.5 Å². The van der Waals surface area contributed by atoms with Gasteiger partial charge in [0.1, 0.15) is 0 Å². The molecule has 1 N–H and O–H groups in total. The average molecular weight is 326 g/mol. The van der Waals surface area contributed by atoms with E-state index < -0.39 is 12.0 Å². The SMILES string of the molecule is CC(O)CCOC(=O)[C@@H](C)c1cccc(C(=O)c2ccccc2)c1. The average Bonchev–Trinajstić information content (AvgIpc) is 2.61. The molecular formula is C20H22O4. The maximum Gasteiger partial charge on any atom is 0.313 e. The van der Waals surface area contributed by atoms with Crippen LogP contribution in [-0.2, 0) is 9.53 Å². The van der Waals surface area contributed by atoms with Crippen LogP contribution in [0.25, 0.3) is 0 Å². The van der Waals surface area contributed by atoms with Crippen LogP contribution in [-0.4, -0.2) is 29.6 Å². The summed E-state index contributed by atoms with van der Waals surface area (Å²) in [5.41, 5.74) is 1.89. The minimum absolute atomic E-state index is 0.0767. The smallest absolute Gasteiger partial charge is 0.313 e. The van der Waals surface area contributed by atoms with Crippen molar-refractivity contribution >= 4 is 11.8 Å². The molecule has 2 aromatic carbocycles. The Morgan fingerprint density at radius 2 is 1.67 bits per heavy atom. The van der Waals surface area contributed by atoms with Gasteiger partial charge >= 0.3 is 5.97 Å². The van der Waals surface area contributed by atoms with Gasteiger partial charge in [0.25, 0.3) is 0 Å². The monoisotopic (exact) mass is 326 g/mol. The predicted molar refractivity (Wildman–Crippen MR) is 92.0 cm³/mol. The van der Waals surface area contributed by atoms with Crippen molar-refractivity contribution in [3.8, 4) is 0 Å². The molecule has 0 fully saturated rings. The molecule has 0 spiro atoms. The van der Waals surface area contributed by atoms with Crippen LogP contribution in [0.4, 0.5) is 0 Å².